The summed E-state index contributed by atoms with van der Waals surface area (Å²) < 4.78 is 56.2. The number of carbonyl (C=O) groups is 2. The van der Waals surface area contributed by atoms with E-state index < -0.39 is 40.7 Å². The third kappa shape index (κ3) is 12.5. The summed E-state index contributed by atoms with van der Waals surface area (Å²) >= 11 is 7.54. The number of amides is 1. The molecule has 0 fully saturated rings. The summed E-state index contributed by atoms with van der Waals surface area (Å²) in [6.07, 6.45) is -3.34. The number of aliphatic hydroxyl groups is 1. The van der Waals surface area contributed by atoms with Crippen molar-refractivity contribution in [1.29, 1.82) is 0 Å². The molecule has 2 rings (SSSR count). The van der Waals surface area contributed by atoms with E-state index in [-0.39, 0.29) is 17.3 Å². The Morgan fingerprint density at radius 1 is 0.953 bits per heavy atom. The van der Waals surface area contributed by atoms with Crippen LogP contribution < -0.4 is 10.1 Å². The SMILES string of the molecule is CCCC[C@@](CO)(CCc1ccc(Sc2cc(C(F)(F)F)ccc2OC(=O)OC(C)(C)C)cc1Cl)NC(=O)OC(C)(C)C. The van der Waals surface area contributed by atoms with Crippen LogP contribution in [0.1, 0.15) is 85.3 Å². The van der Waals surface area contributed by atoms with E-state index in [9.17, 15) is 27.9 Å². The van der Waals surface area contributed by atoms with E-state index in [1.54, 1.807) is 59.7 Å². The standard InChI is InChI=1S/C31H41ClF3NO6S/c1-8-9-15-30(19-37,36-26(38)41-28(2,3)4)16-14-20-10-12-22(18-23(20)32)43-25-17-21(31(33,34)35)11-13-24(25)40-27(39)42-29(5,6)7/h10-13,17-18,37H,8-9,14-16,19H2,1-7H3,(H,36,38)/t30-/m0/s1. The zero-order valence-corrected chi connectivity index (χ0v) is 27.2. The molecule has 2 aromatic carbocycles. The molecular weight excluding hydrogens is 607 g/mol. The van der Waals surface area contributed by atoms with E-state index in [1.807, 2.05) is 6.92 Å². The Morgan fingerprint density at radius 2 is 1.60 bits per heavy atom. The summed E-state index contributed by atoms with van der Waals surface area (Å²) in [6, 6.07) is 7.84. The maximum absolute atomic E-state index is 13.5. The zero-order chi connectivity index (χ0) is 32.6. The van der Waals surface area contributed by atoms with Gasteiger partial charge in [-0.15, -0.1) is 0 Å². The van der Waals surface area contributed by atoms with Crippen molar-refractivity contribution in [1.82, 2.24) is 5.32 Å². The van der Waals surface area contributed by atoms with Gasteiger partial charge in [0.05, 0.1) is 22.6 Å². The molecule has 43 heavy (non-hydrogen) atoms. The quantitative estimate of drug-likeness (QED) is 0.185. The molecule has 0 aromatic heterocycles. The van der Waals surface area contributed by atoms with Crippen LogP contribution >= 0.6 is 23.4 Å². The van der Waals surface area contributed by atoms with Crippen LogP contribution in [0.5, 0.6) is 5.75 Å². The predicted molar refractivity (Wildman–Crippen MR) is 161 cm³/mol. The Balaban J connectivity index is 2.29. The van der Waals surface area contributed by atoms with Gasteiger partial charge >= 0.3 is 18.4 Å². The van der Waals surface area contributed by atoms with Crippen molar-refractivity contribution in [3.8, 4) is 5.75 Å². The van der Waals surface area contributed by atoms with Crippen molar-refractivity contribution in [3.63, 3.8) is 0 Å². The molecule has 0 heterocycles. The lowest BCUT2D eigenvalue weighted by molar-refractivity contribution is -0.137. The van der Waals surface area contributed by atoms with E-state index in [1.165, 1.54) is 0 Å². The van der Waals surface area contributed by atoms with Gasteiger partial charge in [0.2, 0.25) is 0 Å². The van der Waals surface area contributed by atoms with Crippen LogP contribution in [0.3, 0.4) is 0 Å². The lowest BCUT2D eigenvalue weighted by atomic mass is 9.87. The monoisotopic (exact) mass is 647 g/mol. The van der Waals surface area contributed by atoms with Crippen molar-refractivity contribution < 1.29 is 42.1 Å². The van der Waals surface area contributed by atoms with Gasteiger partial charge in [-0.2, -0.15) is 13.2 Å². The van der Waals surface area contributed by atoms with E-state index in [0.717, 1.165) is 48.4 Å². The minimum Gasteiger partial charge on any atom is -0.444 e. The van der Waals surface area contributed by atoms with Crippen LogP contribution in [0, 0.1) is 0 Å². The second-order valence-electron chi connectivity index (χ2n) is 12.2. The molecular formula is C31H41ClF3NO6S. The first-order chi connectivity index (χ1) is 19.8. The van der Waals surface area contributed by atoms with Gasteiger partial charge in [0.15, 0.2) is 0 Å². The number of alkyl halides is 3. The van der Waals surface area contributed by atoms with Crippen LogP contribution in [-0.4, -0.2) is 40.7 Å². The number of benzene rings is 2. The lowest BCUT2D eigenvalue weighted by Crippen LogP contribution is -2.53. The van der Waals surface area contributed by atoms with Gasteiger partial charge in [-0.3, -0.25) is 0 Å². The average molecular weight is 648 g/mol. The lowest BCUT2D eigenvalue weighted by Gasteiger charge is -2.34. The zero-order valence-electron chi connectivity index (χ0n) is 25.6. The van der Waals surface area contributed by atoms with E-state index >= 15 is 0 Å². The molecule has 0 aliphatic heterocycles. The fraction of sp³-hybridized carbons (Fsp3) is 0.548. The molecule has 240 valence electrons. The van der Waals surface area contributed by atoms with Gasteiger partial charge in [-0.05, 0) is 96.7 Å². The number of alkyl carbamates (subject to hydrolysis) is 1. The number of carbonyl (C=O) groups excluding carboxylic acids is 2. The number of halogens is 4. The first kappa shape index (κ1) is 36.6. The molecule has 0 unspecified atom stereocenters. The maximum atomic E-state index is 13.5. The third-order valence-corrected chi connectivity index (χ3v) is 7.44. The fourth-order valence-electron chi connectivity index (χ4n) is 3.99. The number of rotatable bonds is 11. The third-order valence-electron chi connectivity index (χ3n) is 6.06. The minimum absolute atomic E-state index is 0.0462. The normalized spacial score (nSPS) is 13.7. The Kier molecular flexibility index (Phi) is 12.7. The Morgan fingerprint density at radius 3 is 2.14 bits per heavy atom. The summed E-state index contributed by atoms with van der Waals surface area (Å²) in [5.41, 5.74) is -2.67. The highest BCUT2D eigenvalue weighted by Gasteiger charge is 2.34. The molecule has 0 radical (unpaired) electrons. The number of ether oxygens (including phenoxy) is 3. The topological polar surface area (TPSA) is 94.1 Å². The summed E-state index contributed by atoms with van der Waals surface area (Å²) in [7, 11) is 0. The highest BCUT2D eigenvalue weighted by Crippen LogP contribution is 2.41. The molecule has 0 saturated heterocycles. The molecule has 1 atom stereocenters. The Bertz CT molecular complexity index is 1260. The highest BCUT2D eigenvalue weighted by atomic mass is 35.5. The number of hydrogen-bond donors (Lipinski definition) is 2. The van der Waals surface area contributed by atoms with Gasteiger partial charge in [-0.25, -0.2) is 9.59 Å². The maximum Gasteiger partial charge on any atom is 0.514 e. The second kappa shape index (κ2) is 14.9. The van der Waals surface area contributed by atoms with Gasteiger partial charge < -0.3 is 24.6 Å². The first-order valence-corrected chi connectivity index (χ1v) is 15.2. The predicted octanol–water partition coefficient (Wildman–Crippen LogP) is 9.20. The molecule has 12 heteroatoms. The molecule has 7 nitrogen and oxygen atoms in total. The van der Waals surface area contributed by atoms with Crippen molar-refractivity contribution in [2.45, 2.75) is 113 Å². The van der Waals surface area contributed by atoms with Crippen LogP contribution in [0.15, 0.2) is 46.2 Å². The summed E-state index contributed by atoms with van der Waals surface area (Å²) in [4.78, 5) is 25.4. The summed E-state index contributed by atoms with van der Waals surface area (Å²) in [5.74, 6) is -0.0932. The fourth-order valence-corrected chi connectivity index (χ4v) is 5.29. The molecule has 0 saturated carbocycles. The van der Waals surface area contributed by atoms with Crippen molar-refractivity contribution in [2.24, 2.45) is 0 Å². The molecule has 2 aromatic rings. The summed E-state index contributed by atoms with van der Waals surface area (Å²) in [6.45, 7) is 11.9. The smallest absolute Gasteiger partial charge is 0.444 e. The van der Waals surface area contributed by atoms with Crippen LogP contribution in [0.2, 0.25) is 5.02 Å². The molecule has 1 amide bonds. The molecule has 0 bridgehead atoms. The van der Waals surface area contributed by atoms with Crippen LogP contribution in [0.4, 0.5) is 22.8 Å². The molecule has 0 aliphatic carbocycles. The van der Waals surface area contributed by atoms with Gasteiger partial charge in [0.25, 0.3) is 0 Å². The second-order valence-corrected chi connectivity index (χ2v) is 13.8. The largest absolute Gasteiger partial charge is 0.514 e. The number of aliphatic hydroxyl groups excluding tert-OH is 1. The van der Waals surface area contributed by atoms with E-state index in [0.29, 0.717) is 29.2 Å². The van der Waals surface area contributed by atoms with Crippen LogP contribution in [0.25, 0.3) is 0 Å². The Labute approximate surface area is 260 Å². The van der Waals surface area contributed by atoms with E-state index in [2.05, 4.69) is 5.32 Å². The van der Waals surface area contributed by atoms with Crippen molar-refractivity contribution in [2.75, 3.05) is 6.61 Å². The number of hydrogen-bond acceptors (Lipinski definition) is 7. The molecule has 0 aliphatic rings. The molecule has 2 N–H and O–H groups in total. The number of nitrogens with one attached hydrogen (secondary N) is 1. The van der Waals surface area contributed by atoms with Gasteiger partial charge in [0.1, 0.15) is 17.0 Å². The minimum atomic E-state index is -4.61. The van der Waals surface area contributed by atoms with Gasteiger partial charge in [-0.1, -0.05) is 49.2 Å². The first-order valence-electron chi connectivity index (χ1n) is 14.0. The van der Waals surface area contributed by atoms with Gasteiger partial charge in [0, 0.05) is 9.92 Å². The average Bonchev–Trinajstić information content (AvgIpc) is 2.84. The molecule has 0 spiro atoms. The van der Waals surface area contributed by atoms with Crippen molar-refractivity contribution in [3.05, 3.63) is 52.5 Å². The van der Waals surface area contributed by atoms with Crippen molar-refractivity contribution >= 4 is 35.6 Å². The number of aryl methyl sites for hydroxylation is 1. The highest BCUT2D eigenvalue weighted by molar-refractivity contribution is 7.99. The Hall–Kier alpha value is -2.63. The van der Waals surface area contributed by atoms with Crippen LogP contribution in [-0.2, 0) is 22.1 Å². The van der Waals surface area contributed by atoms with E-state index in [4.69, 9.17) is 25.8 Å². The summed E-state index contributed by atoms with van der Waals surface area (Å²) in [5, 5.41) is 13.5. The number of unbranched alkanes of at least 4 members (excludes halogenated alkanes) is 1.